The van der Waals surface area contributed by atoms with Gasteiger partial charge >= 0.3 is 0 Å². The molecular weight excluding hydrogens is 358 g/mol. The van der Waals surface area contributed by atoms with Crippen LogP contribution in [0.4, 0.5) is 0 Å². The van der Waals surface area contributed by atoms with Crippen molar-refractivity contribution in [3.8, 4) is 11.8 Å². The van der Waals surface area contributed by atoms with Gasteiger partial charge in [-0.15, -0.1) is 0 Å². The zero-order valence-corrected chi connectivity index (χ0v) is 15.5. The fourth-order valence-electron chi connectivity index (χ4n) is 2.64. The van der Waals surface area contributed by atoms with Crippen LogP contribution in [-0.2, 0) is 16.0 Å². The van der Waals surface area contributed by atoms with Crippen molar-refractivity contribution in [3.05, 3.63) is 64.9 Å². The smallest absolute Gasteiger partial charge is 0.276 e. The maximum atomic E-state index is 12.1. The molecule has 0 fully saturated rings. The Labute approximate surface area is 161 Å². The van der Waals surface area contributed by atoms with Crippen molar-refractivity contribution in [2.75, 3.05) is 6.61 Å². The molecule has 0 unspecified atom stereocenters. The van der Waals surface area contributed by atoms with E-state index in [4.69, 9.17) is 14.4 Å². The van der Waals surface area contributed by atoms with Gasteiger partial charge in [0, 0.05) is 10.9 Å². The summed E-state index contributed by atoms with van der Waals surface area (Å²) in [5.74, 6) is -0.412. The highest BCUT2D eigenvalue weighted by Crippen LogP contribution is 2.25. The number of nitriles is 1. The number of amides is 2. The van der Waals surface area contributed by atoms with Gasteiger partial charge in [0.15, 0.2) is 6.61 Å². The lowest BCUT2D eigenvalue weighted by Crippen LogP contribution is -2.44. The number of benzene rings is 2. The number of nitrogens with one attached hydrogen (secondary N) is 2. The van der Waals surface area contributed by atoms with Gasteiger partial charge in [-0.25, -0.2) is 0 Å². The molecule has 2 aromatic carbocycles. The first-order valence-corrected chi connectivity index (χ1v) is 8.64. The number of hydrogen-bond donors (Lipinski definition) is 2. The van der Waals surface area contributed by atoms with Crippen LogP contribution in [-0.4, -0.2) is 18.4 Å². The van der Waals surface area contributed by atoms with Crippen LogP contribution in [0.15, 0.2) is 47.1 Å². The van der Waals surface area contributed by atoms with E-state index in [9.17, 15) is 9.59 Å². The van der Waals surface area contributed by atoms with E-state index in [1.807, 2.05) is 32.0 Å². The van der Waals surface area contributed by atoms with Crippen LogP contribution in [0.5, 0.6) is 5.75 Å². The number of hydrogen-bond acceptors (Lipinski definition) is 5. The van der Waals surface area contributed by atoms with Crippen LogP contribution in [0.1, 0.15) is 22.3 Å². The third-order valence-electron chi connectivity index (χ3n) is 4.32. The van der Waals surface area contributed by atoms with Crippen LogP contribution in [0.25, 0.3) is 11.0 Å². The molecule has 0 aliphatic rings. The Morgan fingerprint density at radius 3 is 2.46 bits per heavy atom. The average Bonchev–Trinajstić information content (AvgIpc) is 3.07. The number of fused-ring (bicyclic) bond motifs is 1. The van der Waals surface area contributed by atoms with Crippen LogP contribution in [0.3, 0.4) is 0 Å². The third kappa shape index (κ3) is 4.48. The van der Waals surface area contributed by atoms with Gasteiger partial charge in [0.1, 0.15) is 11.3 Å². The number of hydrazine groups is 1. The van der Waals surface area contributed by atoms with Crippen molar-refractivity contribution in [3.63, 3.8) is 0 Å². The number of ether oxygens (including phenoxy) is 1. The van der Waals surface area contributed by atoms with Crippen molar-refractivity contribution < 1.29 is 18.7 Å². The Bertz CT molecular complexity index is 1060. The van der Waals surface area contributed by atoms with E-state index in [0.717, 1.165) is 27.7 Å². The Morgan fingerprint density at radius 1 is 1.07 bits per heavy atom. The summed E-state index contributed by atoms with van der Waals surface area (Å²) in [4.78, 5) is 23.9. The molecule has 0 spiro atoms. The molecule has 3 rings (SSSR count). The van der Waals surface area contributed by atoms with Gasteiger partial charge in [-0.1, -0.05) is 0 Å². The Morgan fingerprint density at radius 2 is 1.75 bits per heavy atom. The van der Waals surface area contributed by atoms with Gasteiger partial charge in [-0.3, -0.25) is 20.4 Å². The van der Waals surface area contributed by atoms with Gasteiger partial charge in [-0.2, -0.15) is 5.26 Å². The second-order valence-electron chi connectivity index (χ2n) is 6.39. The molecule has 0 atom stereocenters. The van der Waals surface area contributed by atoms with Gasteiger partial charge in [-0.05, 0) is 61.4 Å². The molecule has 142 valence electrons. The van der Waals surface area contributed by atoms with Gasteiger partial charge in [0.25, 0.3) is 5.91 Å². The van der Waals surface area contributed by atoms with Crippen molar-refractivity contribution in [2.24, 2.45) is 0 Å². The summed E-state index contributed by atoms with van der Waals surface area (Å²) in [6.07, 6.45) is 1.63. The number of carbonyl (C=O) groups is 2. The minimum absolute atomic E-state index is 0.0757. The van der Waals surface area contributed by atoms with E-state index in [-0.39, 0.29) is 18.9 Å². The summed E-state index contributed by atoms with van der Waals surface area (Å²) in [6.45, 7) is 3.73. The van der Waals surface area contributed by atoms with E-state index in [2.05, 4.69) is 10.9 Å². The highest BCUT2D eigenvalue weighted by atomic mass is 16.5. The Balaban J connectivity index is 1.49. The zero-order valence-electron chi connectivity index (χ0n) is 15.5. The van der Waals surface area contributed by atoms with Crippen LogP contribution < -0.4 is 15.6 Å². The first-order valence-electron chi connectivity index (χ1n) is 8.64. The summed E-state index contributed by atoms with van der Waals surface area (Å²) in [5, 5.41) is 9.63. The average molecular weight is 377 g/mol. The van der Waals surface area contributed by atoms with E-state index in [1.54, 1.807) is 30.5 Å². The number of rotatable bonds is 5. The lowest BCUT2D eigenvalue weighted by Gasteiger charge is -2.08. The molecule has 0 aliphatic carbocycles. The van der Waals surface area contributed by atoms with E-state index >= 15 is 0 Å². The van der Waals surface area contributed by atoms with Crippen LogP contribution >= 0.6 is 0 Å². The first kappa shape index (κ1) is 19.0. The van der Waals surface area contributed by atoms with Crippen molar-refractivity contribution in [2.45, 2.75) is 20.3 Å². The first-order chi connectivity index (χ1) is 13.5. The number of aryl methyl sites for hydroxylation is 2. The molecule has 28 heavy (non-hydrogen) atoms. The quantitative estimate of drug-likeness (QED) is 0.665. The lowest BCUT2D eigenvalue weighted by atomic mass is 10.0. The molecule has 0 bridgehead atoms. The highest BCUT2D eigenvalue weighted by Gasteiger charge is 2.12. The molecule has 3 aromatic rings. The molecule has 0 saturated carbocycles. The van der Waals surface area contributed by atoms with Crippen LogP contribution in [0.2, 0.25) is 0 Å². The predicted molar refractivity (Wildman–Crippen MR) is 102 cm³/mol. The maximum absolute atomic E-state index is 12.1. The fourth-order valence-corrected chi connectivity index (χ4v) is 2.64. The second-order valence-corrected chi connectivity index (χ2v) is 6.39. The third-order valence-corrected chi connectivity index (χ3v) is 4.32. The SMILES string of the molecule is Cc1cc2occ(CC(=O)NNC(=O)COc3ccc(C#N)cc3)c2cc1C. The monoisotopic (exact) mass is 377 g/mol. The second kappa shape index (κ2) is 8.27. The molecule has 0 radical (unpaired) electrons. The summed E-state index contributed by atoms with van der Waals surface area (Å²) in [5.41, 5.74) is 8.88. The molecule has 2 N–H and O–H groups in total. The van der Waals surface area contributed by atoms with Gasteiger partial charge in [0.2, 0.25) is 5.91 Å². The number of nitrogens with zero attached hydrogens (tertiary/aromatic N) is 1. The Kier molecular flexibility index (Phi) is 5.61. The topological polar surface area (TPSA) is 104 Å². The summed E-state index contributed by atoms with van der Waals surface area (Å²) < 4.78 is 10.8. The van der Waals surface area contributed by atoms with Crippen molar-refractivity contribution in [1.82, 2.24) is 10.9 Å². The lowest BCUT2D eigenvalue weighted by molar-refractivity contribution is -0.129. The molecule has 7 nitrogen and oxygen atoms in total. The van der Waals surface area contributed by atoms with Crippen molar-refractivity contribution >= 4 is 22.8 Å². The normalized spacial score (nSPS) is 10.3. The van der Waals surface area contributed by atoms with Crippen LogP contribution in [0, 0.1) is 25.2 Å². The number of carbonyl (C=O) groups excluding carboxylic acids is 2. The summed E-state index contributed by atoms with van der Waals surface area (Å²) >= 11 is 0. The molecule has 2 amide bonds. The fraction of sp³-hybridized carbons (Fsp3) is 0.190. The standard InChI is InChI=1S/C21H19N3O4/c1-13-7-18-16(11-28-19(18)8-14(13)2)9-20(25)23-24-21(26)12-27-17-5-3-15(10-22)4-6-17/h3-8,11H,9,12H2,1-2H3,(H,23,25)(H,24,26). The molecule has 1 aromatic heterocycles. The van der Waals surface area contributed by atoms with E-state index < -0.39 is 5.91 Å². The van der Waals surface area contributed by atoms with Gasteiger partial charge < -0.3 is 9.15 Å². The maximum Gasteiger partial charge on any atom is 0.276 e. The summed E-state index contributed by atoms with van der Waals surface area (Å²) in [7, 11) is 0. The van der Waals surface area contributed by atoms with Crippen molar-refractivity contribution in [1.29, 1.82) is 5.26 Å². The molecular formula is C21H19N3O4. The largest absolute Gasteiger partial charge is 0.484 e. The minimum atomic E-state index is -0.499. The molecule has 7 heteroatoms. The molecule has 0 saturated heterocycles. The van der Waals surface area contributed by atoms with E-state index in [1.165, 1.54) is 0 Å². The van der Waals surface area contributed by atoms with E-state index in [0.29, 0.717) is 11.3 Å². The Hall–Kier alpha value is -3.79. The summed E-state index contributed by atoms with van der Waals surface area (Å²) in [6, 6.07) is 12.3. The minimum Gasteiger partial charge on any atom is -0.484 e. The molecule has 1 heterocycles. The molecule has 0 aliphatic heterocycles. The zero-order chi connectivity index (χ0) is 20.1. The number of furan rings is 1. The highest BCUT2D eigenvalue weighted by molar-refractivity contribution is 5.89. The predicted octanol–water partition coefficient (Wildman–Crippen LogP) is 2.69. The van der Waals surface area contributed by atoms with Gasteiger partial charge in [0.05, 0.1) is 24.3 Å².